The number of imide groups is 1. The van der Waals surface area contributed by atoms with Crippen molar-refractivity contribution in [3.05, 3.63) is 132 Å². The summed E-state index contributed by atoms with van der Waals surface area (Å²) >= 11 is 1.38. The van der Waals surface area contributed by atoms with Crippen molar-refractivity contribution in [3.8, 4) is 22.4 Å². The van der Waals surface area contributed by atoms with E-state index in [2.05, 4.69) is 50.4 Å². The molecule has 0 saturated heterocycles. The van der Waals surface area contributed by atoms with Gasteiger partial charge in [0.2, 0.25) is 17.7 Å². The molecule has 0 spiro atoms. The summed E-state index contributed by atoms with van der Waals surface area (Å²) in [6.45, 7) is 11.8. The Morgan fingerprint density at radius 1 is 0.796 bits per heavy atom. The Hall–Kier alpha value is -9.95. The lowest BCUT2D eigenvalue weighted by atomic mass is 9.39. The van der Waals surface area contributed by atoms with Crippen LogP contribution in [0.5, 0.6) is 0 Å². The summed E-state index contributed by atoms with van der Waals surface area (Å²) in [6.07, 6.45) is 14.5. The average molecular weight is 1350 g/mol. The van der Waals surface area contributed by atoms with Crippen LogP contribution in [0.25, 0.3) is 43.4 Å². The number of carbonyl (C=O) groups excluding carboxylic acids is 8. The molecule has 4 aromatic heterocycles. The first-order valence-corrected chi connectivity index (χ1v) is 34.0. The van der Waals surface area contributed by atoms with Crippen molar-refractivity contribution in [3.63, 3.8) is 0 Å². The minimum absolute atomic E-state index is 0.00181. The summed E-state index contributed by atoms with van der Waals surface area (Å²) in [5.74, 6) is -4.10. The molecule has 5 heterocycles. The third-order valence-corrected chi connectivity index (χ3v) is 20.2. The first kappa shape index (κ1) is 69.4. The fourth-order valence-electron chi connectivity index (χ4n) is 15.8. The number of nitrogens with one attached hydrogen (secondary N) is 5. The van der Waals surface area contributed by atoms with Gasteiger partial charge in [0.1, 0.15) is 18.7 Å². The van der Waals surface area contributed by atoms with Crippen LogP contribution >= 0.6 is 11.3 Å². The average Bonchev–Trinajstić information content (AvgIpc) is 0.704. The van der Waals surface area contributed by atoms with E-state index in [-0.39, 0.29) is 104 Å². The van der Waals surface area contributed by atoms with E-state index in [1.807, 2.05) is 54.1 Å². The predicted molar refractivity (Wildman–Crippen MR) is 368 cm³/mol. The Kier molecular flexibility index (Phi) is 20.5. The van der Waals surface area contributed by atoms with E-state index in [4.69, 9.17) is 25.3 Å². The third kappa shape index (κ3) is 16.0. The molecule has 8 N–H and O–H groups in total. The number of benzene rings is 3. The van der Waals surface area contributed by atoms with Gasteiger partial charge in [-0.2, -0.15) is 5.10 Å². The molecule has 5 aliphatic rings. The lowest BCUT2D eigenvalue weighted by Gasteiger charge is -2.69. The minimum Gasteiger partial charge on any atom is -0.476 e. The zero-order valence-corrected chi connectivity index (χ0v) is 56.7. The summed E-state index contributed by atoms with van der Waals surface area (Å²) in [5.41, 5.74) is 9.67. The Balaban J connectivity index is 0.673. The van der Waals surface area contributed by atoms with Gasteiger partial charge < -0.3 is 46.5 Å². The largest absolute Gasteiger partial charge is 0.476 e. The summed E-state index contributed by atoms with van der Waals surface area (Å²) in [5, 5.41) is 31.3. The van der Waals surface area contributed by atoms with Gasteiger partial charge in [-0.25, -0.2) is 24.4 Å². The van der Waals surface area contributed by atoms with Crippen molar-refractivity contribution >= 4 is 96.7 Å². The lowest BCUT2D eigenvalue weighted by Crippen LogP contribution is -2.64. The molecule has 4 fully saturated rings. The van der Waals surface area contributed by atoms with Gasteiger partial charge in [-0.1, -0.05) is 81.9 Å². The molecular weight excluding hydrogens is 1270 g/mol. The Morgan fingerprint density at radius 3 is 2.26 bits per heavy atom. The second kappa shape index (κ2) is 29.0. The molecular formula is C72H83N13O12S. The molecule has 4 aliphatic carbocycles. The molecule has 7 aromatic rings. The zero-order valence-electron chi connectivity index (χ0n) is 55.9. The summed E-state index contributed by atoms with van der Waals surface area (Å²) in [7, 11) is 1.67. The number of carbonyl (C=O) groups is 9. The number of likely N-dealkylation sites (N-methyl/N-ethyl adjacent to an activating group) is 1. The van der Waals surface area contributed by atoms with Crippen LogP contribution in [0.4, 0.5) is 20.4 Å². The standard InChI is InChI=1S/C72H83N13O12S/c1-43(2)60(81-57(86)16-8-7-11-28-84-58(87)25-26-59(84)88)64(91)79-55(14-12-27-75-66(73)94)63(90)77-48-21-17-45(18-22-48)35-96-68(95)83(6)29-30-97-72-39-69(4)36-70(5,40-72)38-71(37-69,41-72)42-85-44(3)51(34-76-85)49-23-24-53(78-61(49)65(92)93)46-19-20-47-32-74-33-52(50(47)31-46)62(89)82-67-80-54-13-9-10-15-56(54)98-67/h9-10,13,15,17-26,31-34,43,55,60H,7-8,11-12,14,16,27-30,35-42H2,1-6H3,(H,77,90)(H,79,91)(H,81,86)(H,92,93)(H3,73,75,94)(H,80,82,89)/t55-,60?,69?,70?,71?,72?/m0/s1. The molecule has 9 amide bonds. The number of nitrogens with zero attached hydrogens (tertiary/aromatic N) is 7. The van der Waals surface area contributed by atoms with Crippen molar-refractivity contribution in [2.75, 3.05) is 43.9 Å². The highest BCUT2D eigenvalue weighted by molar-refractivity contribution is 7.22. The van der Waals surface area contributed by atoms with Gasteiger partial charge in [0.25, 0.3) is 17.7 Å². The van der Waals surface area contributed by atoms with Gasteiger partial charge in [0, 0.05) is 97.7 Å². The van der Waals surface area contributed by atoms with Crippen molar-refractivity contribution in [1.82, 2.24) is 50.5 Å². The molecule has 25 nitrogen and oxygen atoms in total. The number of aromatic carboxylic acids is 1. The van der Waals surface area contributed by atoms with E-state index >= 15 is 0 Å². The highest BCUT2D eigenvalue weighted by Gasteiger charge is 2.66. The molecule has 12 rings (SSSR count). The van der Waals surface area contributed by atoms with Gasteiger partial charge in [-0.05, 0) is 147 Å². The molecule has 4 atom stereocenters. The fraction of sp³-hybridized carbons (Fsp3) is 0.431. The van der Waals surface area contributed by atoms with E-state index in [0.717, 1.165) is 64.7 Å². The number of ether oxygens (including phenoxy) is 2. The summed E-state index contributed by atoms with van der Waals surface area (Å²) in [4.78, 5) is 132. The van der Waals surface area contributed by atoms with Gasteiger partial charge >= 0.3 is 18.1 Å². The number of urea groups is 1. The topological polar surface area (TPSA) is 341 Å². The Bertz CT molecular complexity index is 4210. The smallest absolute Gasteiger partial charge is 0.409 e. The summed E-state index contributed by atoms with van der Waals surface area (Å²) < 4.78 is 15.7. The number of pyridine rings is 2. The highest BCUT2D eigenvalue weighted by Crippen LogP contribution is 2.72. The number of hydrogen-bond acceptors (Lipinski definition) is 16. The van der Waals surface area contributed by atoms with Crippen LogP contribution in [0.1, 0.15) is 137 Å². The van der Waals surface area contributed by atoms with Gasteiger partial charge in [-0.3, -0.25) is 48.6 Å². The van der Waals surface area contributed by atoms with Crippen molar-refractivity contribution in [1.29, 1.82) is 0 Å². The van der Waals surface area contributed by atoms with E-state index in [1.54, 1.807) is 69.7 Å². The van der Waals surface area contributed by atoms with Gasteiger partial charge in [0.15, 0.2) is 10.8 Å². The van der Waals surface area contributed by atoms with Crippen LogP contribution < -0.4 is 32.3 Å². The number of anilines is 2. The molecule has 0 radical (unpaired) electrons. The number of rotatable bonds is 29. The number of unbranched alkanes of at least 4 members (excludes halogenated alkanes) is 2. The molecule has 4 bridgehead atoms. The zero-order chi connectivity index (χ0) is 69.7. The second-order valence-corrected chi connectivity index (χ2v) is 28.9. The van der Waals surface area contributed by atoms with E-state index in [9.17, 15) is 48.3 Å². The van der Waals surface area contributed by atoms with Crippen LogP contribution in [-0.2, 0) is 46.6 Å². The molecule has 514 valence electrons. The molecule has 98 heavy (non-hydrogen) atoms. The van der Waals surface area contributed by atoms with Crippen molar-refractivity contribution < 1.29 is 57.7 Å². The van der Waals surface area contributed by atoms with Crippen LogP contribution in [0.15, 0.2) is 110 Å². The first-order valence-electron chi connectivity index (χ1n) is 33.2. The molecule has 3 unspecified atom stereocenters. The fourth-order valence-corrected chi connectivity index (χ4v) is 16.7. The number of primary amides is 1. The maximum absolute atomic E-state index is 13.8. The van der Waals surface area contributed by atoms with E-state index < -0.39 is 47.6 Å². The van der Waals surface area contributed by atoms with Crippen LogP contribution in [-0.4, -0.2) is 144 Å². The van der Waals surface area contributed by atoms with E-state index in [1.165, 1.54) is 34.6 Å². The lowest BCUT2D eigenvalue weighted by molar-refractivity contribution is -0.248. The predicted octanol–water partition coefficient (Wildman–Crippen LogP) is 9.93. The third-order valence-electron chi connectivity index (χ3n) is 19.2. The minimum atomic E-state index is -1.19. The number of hydrogen-bond donors (Lipinski definition) is 7. The summed E-state index contributed by atoms with van der Waals surface area (Å²) in [6, 6.07) is 20.7. The quantitative estimate of drug-likeness (QED) is 0.0169. The second-order valence-electron chi connectivity index (χ2n) is 27.9. The number of carboxylic acids is 1. The number of para-hydroxylation sites is 1. The first-order chi connectivity index (χ1) is 46.8. The monoisotopic (exact) mass is 1350 g/mol. The number of thiazole rings is 1. The molecule has 4 saturated carbocycles. The number of carboxylic acid groups (broad SMARTS) is 1. The molecule has 3 aromatic carbocycles. The Morgan fingerprint density at radius 2 is 1.54 bits per heavy atom. The Labute approximate surface area is 571 Å². The van der Waals surface area contributed by atoms with Gasteiger partial charge in [0.05, 0.1) is 39.9 Å². The van der Waals surface area contributed by atoms with E-state index in [0.29, 0.717) is 75.5 Å². The SMILES string of the molecule is Cc1c(-c2ccc(-c3ccc4cncc(C(=O)Nc5nc6ccccc6s5)c4c3)nc2C(=O)O)cnn1CC12CC3(C)CC(C)(C1)CC(OCCN(C)C(=O)OCc1ccc(NC(=O)[C@H](CCCNC(N)=O)NC(=O)C(NC(=O)CCCCCN4C(=O)C=CC4=O)C(C)C)cc1)(C3)C2. The van der Waals surface area contributed by atoms with Crippen LogP contribution in [0.2, 0.25) is 0 Å². The number of nitrogens with two attached hydrogens (primary N) is 1. The highest BCUT2D eigenvalue weighted by atomic mass is 32.1. The normalized spacial score (nSPS) is 20.5. The maximum Gasteiger partial charge on any atom is 0.409 e. The number of fused-ring (bicyclic) bond motifs is 2. The van der Waals surface area contributed by atoms with Crippen molar-refractivity contribution in [2.45, 2.75) is 143 Å². The number of aromatic nitrogens is 5. The van der Waals surface area contributed by atoms with Gasteiger partial charge in [-0.15, -0.1) is 0 Å². The maximum atomic E-state index is 13.8. The molecule has 1 aliphatic heterocycles. The van der Waals surface area contributed by atoms with Crippen LogP contribution in [0, 0.1) is 29.1 Å². The number of amides is 9. The molecule has 26 heteroatoms. The van der Waals surface area contributed by atoms with Crippen LogP contribution in [0.3, 0.4) is 0 Å². The van der Waals surface area contributed by atoms with Crippen molar-refractivity contribution in [2.24, 2.45) is 27.9 Å².